The molecule has 3 N–H and O–H groups in total. The van der Waals surface area contributed by atoms with Crippen LogP contribution in [0.15, 0.2) is 42.9 Å². The van der Waals surface area contributed by atoms with Crippen LogP contribution >= 0.6 is 0 Å². The number of nitrogen functional groups attached to an aromatic ring is 1. The molecule has 0 radical (unpaired) electrons. The van der Waals surface area contributed by atoms with Crippen molar-refractivity contribution in [3.05, 3.63) is 48.4 Å². The van der Waals surface area contributed by atoms with E-state index in [4.69, 9.17) is 5.73 Å². The molecule has 3 atom stereocenters. The summed E-state index contributed by atoms with van der Waals surface area (Å²) in [6.07, 6.45) is 2.58. The molecule has 198 valence electrons. The molecule has 9 nitrogen and oxygen atoms in total. The highest BCUT2D eigenvalue weighted by molar-refractivity contribution is 6.12. The van der Waals surface area contributed by atoms with Gasteiger partial charge in [-0.3, -0.25) is 19.5 Å². The molecule has 4 amide bonds. The summed E-state index contributed by atoms with van der Waals surface area (Å²) in [5.41, 5.74) is 6.76. The first kappa shape index (κ1) is 26.4. The Morgan fingerprint density at radius 3 is 2.57 bits per heavy atom. The summed E-state index contributed by atoms with van der Waals surface area (Å²) in [7, 11) is 1.46. The number of hydrogen-bond donors (Lipinski definition) is 2. The fourth-order valence-corrected chi connectivity index (χ4v) is 5.15. The molecule has 2 aromatic heterocycles. The Balaban J connectivity index is 1.60. The molecule has 2 aliphatic rings. The van der Waals surface area contributed by atoms with Crippen LogP contribution in [0.2, 0.25) is 0 Å². The molecule has 3 heterocycles. The first-order valence-electron chi connectivity index (χ1n) is 12.2. The van der Waals surface area contributed by atoms with E-state index in [1.54, 1.807) is 24.3 Å². The van der Waals surface area contributed by atoms with Crippen LogP contribution in [0, 0.1) is 11.8 Å². The van der Waals surface area contributed by atoms with Crippen molar-refractivity contribution in [1.29, 1.82) is 0 Å². The lowest BCUT2D eigenvalue weighted by Crippen LogP contribution is -2.71. The Bertz CT molecular complexity index is 1140. The van der Waals surface area contributed by atoms with E-state index in [2.05, 4.69) is 9.97 Å². The third-order valence-corrected chi connectivity index (χ3v) is 7.10. The summed E-state index contributed by atoms with van der Waals surface area (Å²) in [6, 6.07) is 1.79. The largest absolute Gasteiger partial charge is 0.408 e. The van der Waals surface area contributed by atoms with Crippen LogP contribution in [0.4, 0.5) is 29.5 Å². The zero-order chi connectivity index (χ0) is 26.7. The van der Waals surface area contributed by atoms with Gasteiger partial charge < -0.3 is 16.0 Å². The number of rotatable bonds is 6. The lowest BCUT2D eigenvalue weighted by atomic mass is 9.81. The highest BCUT2D eigenvalue weighted by atomic mass is 19.4. The number of carbonyl (C=O) groups is 3. The molecule has 1 aliphatic heterocycles. The number of imide groups is 1. The first-order valence-corrected chi connectivity index (χ1v) is 12.2. The zero-order valence-electron chi connectivity index (χ0n) is 20.3. The number of nitrogens with zero attached hydrogens (tertiary/aromatic N) is 4. The van der Waals surface area contributed by atoms with E-state index in [1.165, 1.54) is 30.5 Å². The summed E-state index contributed by atoms with van der Waals surface area (Å²) in [6.45, 7) is 0. The summed E-state index contributed by atoms with van der Waals surface area (Å²) in [4.78, 5) is 49.5. The van der Waals surface area contributed by atoms with E-state index >= 15 is 0 Å². The number of halogens is 3. The van der Waals surface area contributed by atoms with E-state index in [9.17, 15) is 27.6 Å². The van der Waals surface area contributed by atoms with Crippen LogP contribution in [0.3, 0.4) is 0 Å². The van der Waals surface area contributed by atoms with Crippen molar-refractivity contribution in [2.24, 2.45) is 11.8 Å². The SMILES string of the molecule is CN(C(=O)C1[C@@H](Cc2ccnc(N)c2)C(=O)N1C(=O)NC(C1CCCCC1)C(F)(F)F)c1cccnc1. The minimum absolute atomic E-state index is 0.0674. The molecule has 1 aliphatic carbocycles. The minimum Gasteiger partial charge on any atom is -0.384 e. The fourth-order valence-electron chi connectivity index (χ4n) is 5.15. The van der Waals surface area contributed by atoms with Gasteiger partial charge in [0.2, 0.25) is 5.91 Å². The molecule has 0 aromatic carbocycles. The van der Waals surface area contributed by atoms with Gasteiger partial charge in [-0.1, -0.05) is 19.3 Å². The third-order valence-electron chi connectivity index (χ3n) is 7.10. The molecule has 0 spiro atoms. The second-order valence-electron chi connectivity index (χ2n) is 9.53. The van der Waals surface area contributed by atoms with E-state index in [-0.39, 0.29) is 12.2 Å². The van der Waals surface area contributed by atoms with Gasteiger partial charge in [0.15, 0.2) is 0 Å². The Kier molecular flexibility index (Phi) is 7.65. The van der Waals surface area contributed by atoms with Gasteiger partial charge in [0, 0.05) is 19.4 Å². The van der Waals surface area contributed by atoms with E-state index in [0.29, 0.717) is 41.8 Å². The molecule has 1 saturated carbocycles. The van der Waals surface area contributed by atoms with Gasteiger partial charge in [-0.25, -0.2) is 9.78 Å². The van der Waals surface area contributed by atoms with E-state index in [0.717, 1.165) is 6.42 Å². The van der Waals surface area contributed by atoms with Gasteiger partial charge in [-0.15, -0.1) is 0 Å². The van der Waals surface area contributed by atoms with Crippen LogP contribution in [0.25, 0.3) is 0 Å². The average molecular weight is 519 g/mol. The van der Waals surface area contributed by atoms with Crippen LogP contribution in [-0.2, 0) is 16.0 Å². The summed E-state index contributed by atoms with van der Waals surface area (Å²) in [5.74, 6) is -2.86. The van der Waals surface area contributed by atoms with Crippen LogP contribution in [0.1, 0.15) is 37.7 Å². The molecular formula is C25H29F3N6O3. The fraction of sp³-hybridized carbons (Fsp3) is 0.480. The predicted molar refractivity (Wildman–Crippen MR) is 129 cm³/mol. The molecule has 0 bridgehead atoms. The van der Waals surface area contributed by atoms with Crippen molar-refractivity contribution in [2.75, 3.05) is 17.7 Å². The van der Waals surface area contributed by atoms with Crippen LogP contribution < -0.4 is 16.0 Å². The van der Waals surface area contributed by atoms with Gasteiger partial charge in [0.05, 0.1) is 17.8 Å². The predicted octanol–water partition coefficient (Wildman–Crippen LogP) is 3.31. The van der Waals surface area contributed by atoms with Crippen molar-refractivity contribution < 1.29 is 27.6 Å². The maximum atomic E-state index is 13.9. The molecular weight excluding hydrogens is 489 g/mol. The monoisotopic (exact) mass is 518 g/mol. The number of carbonyl (C=O) groups excluding carboxylic acids is 3. The number of likely N-dealkylation sites (N-methyl/N-ethyl adjacent to an activating group) is 1. The summed E-state index contributed by atoms with van der Waals surface area (Å²) < 4.78 is 41.8. The Morgan fingerprint density at radius 2 is 1.95 bits per heavy atom. The molecule has 12 heteroatoms. The van der Waals surface area contributed by atoms with Crippen LogP contribution in [-0.4, -0.2) is 58.0 Å². The molecule has 2 aromatic rings. The number of nitrogens with one attached hydrogen (secondary N) is 1. The number of β-lactam (4-membered cyclic amide) rings is 1. The lowest BCUT2D eigenvalue weighted by molar-refractivity contribution is -0.170. The minimum atomic E-state index is -4.69. The van der Waals surface area contributed by atoms with Crippen molar-refractivity contribution >= 4 is 29.4 Å². The number of amides is 4. The highest BCUT2D eigenvalue weighted by Crippen LogP contribution is 2.37. The maximum Gasteiger partial charge on any atom is 0.408 e. The molecule has 4 rings (SSSR count). The highest BCUT2D eigenvalue weighted by Gasteiger charge is 2.56. The Hall–Kier alpha value is -3.70. The number of pyridine rings is 2. The lowest BCUT2D eigenvalue weighted by Gasteiger charge is -2.46. The number of hydrogen-bond acceptors (Lipinski definition) is 6. The number of aromatic nitrogens is 2. The summed E-state index contributed by atoms with van der Waals surface area (Å²) in [5, 5.41) is 2.04. The van der Waals surface area contributed by atoms with Crippen molar-refractivity contribution in [3.8, 4) is 0 Å². The third kappa shape index (κ3) is 5.67. The quantitative estimate of drug-likeness (QED) is 0.566. The number of urea groups is 1. The second kappa shape index (κ2) is 10.7. The molecule has 2 fully saturated rings. The molecule has 37 heavy (non-hydrogen) atoms. The Labute approximate surface area is 212 Å². The number of likely N-dealkylation sites (tertiary alicyclic amines) is 1. The number of nitrogens with two attached hydrogens (primary N) is 1. The number of anilines is 2. The normalized spacial score (nSPS) is 21.2. The van der Waals surface area contributed by atoms with Gasteiger partial charge in [0.1, 0.15) is 17.9 Å². The standard InChI is InChI=1S/C25H29F3N6O3/c1-33(17-8-5-10-30-14-17)23(36)20-18(12-15-9-11-31-19(29)13-15)22(35)34(20)24(37)32-21(25(26,27)28)16-6-3-2-4-7-16/h5,8-11,13-14,16,18,20-21H,2-4,6-7,12H2,1H3,(H2,29,31)(H,32,37)/t18-,20?,21?/m1/s1. The molecule has 2 unspecified atom stereocenters. The van der Waals surface area contributed by atoms with Crippen molar-refractivity contribution in [3.63, 3.8) is 0 Å². The van der Waals surface area contributed by atoms with Gasteiger partial charge >= 0.3 is 12.2 Å². The zero-order valence-corrected chi connectivity index (χ0v) is 20.3. The Morgan fingerprint density at radius 1 is 1.22 bits per heavy atom. The van der Waals surface area contributed by atoms with Crippen LogP contribution in [0.5, 0.6) is 0 Å². The molecule has 1 saturated heterocycles. The van der Waals surface area contributed by atoms with Crippen molar-refractivity contribution in [2.45, 2.75) is 56.8 Å². The van der Waals surface area contributed by atoms with E-state index in [1.807, 2.05) is 5.32 Å². The van der Waals surface area contributed by atoms with E-state index < -0.39 is 47.9 Å². The average Bonchev–Trinajstić information content (AvgIpc) is 2.88. The van der Waals surface area contributed by atoms with Gasteiger partial charge in [-0.05, 0) is 55.0 Å². The maximum absolute atomic E-state index is 13.9. The summed E-state index contributed by atoms with van der Waals surface area (Å²) >= 11 is 0. The van der Waals surface area contributed by atoms with Crippen molar-refractivity contribution in [1.82, 2.24) is 20.2 Å². The van der Waals surface area contributed by atoms with Gasteiger partial charge in [0.25, 0.3) is 5.91 Å². The smallest absolute Gasteiger partial charge is 0.384 e. The second-order valence-corrected chi connectivity index (χ2v) is 9.53. The van der Waals surface area contributed by atoms with Gasteiger partial charge in [-0.2, -0.15) is 13.2 Å². The first-order chi connectivity index (χ1) is 17.6. The topological polar surface area (TPSA) is 122 Å². The number of alkyl halides is 3.